The van der Waals surface area contributed by atoms with Crippen LogP contribution in [0, 0.1) is 10.1 Å². The molecule has 0 saturated carbocycles. The van der Waals surface area contributed by atoms with E-state index in [1.807, 2.05) is 6.07 Å². The van der Waals surface area contributed by atoms with Gasteiger partial charge in [0, 0.05) is 22.7 Å². The largest absolute Gasteiger partial charge is 0.384 e. The van der Waals surface area contributed by atoms with E-state index < -0.39 is 4.92 Å². The summed E-state index contributed by atoms with van der Waals surface area (Å²) in [5.74, 6) is 0.359. The van der Waals surface area contributed by atoms with Crippen molar-refractivity contribution in [1.82, 2.24) is 4.98 Å². The molecule has 21 heavy (non-hydrogen) atoms. The molecule has 1 heterocycles. The smallest absolute Gasteiger partial charge is 0.311 e. The highest BCUT2D eigenvalue weighted by atomic mass is 35.5. The van der Waals surface area contributed by atoms with Gasteiger partial charge in [0.15, 0.2) is 0 Å². The van der Waals surface area contributed by atoms with Gasteiger partial charge in [-0.1, -0.05) is 29.3 Å². The fourth-order valence-corrected chi connectivity index (χ4v) is 2.29. The van der Waals surface area contributed by atoms with E-state index in [0.29, 0.717) is 23.0 Å². The number of rotatable bonds is 5. The molecule has 0 atom stereocenters. The molecule has 0 aliphatic heterocycles. The van der Waals surface area contributed by atoms with Gasteiger partial charge in [0.05, 0.1) is 4.92 Å². The van der Waals surface area contributed by atoms with Crippen molar-refractivity contribution in [1.29, 1.82) is 0 Å². The summed E-state index contributed by atoms with van der Waals surface area (Å²) < 4.78 is 0. The molecule has 6 nitrogen and oxygen atoms in total. The second kappa shape index (κ2) is 6.60. The number of nitrogens with zero attached hydrogens (tertiary/aromatic N) is 2. The van der Waals surface area contributed by atoms with Crippen LogP contribution in [0.2, 0.25) is 10.0 Å². The van der Waals surface area contributed by atoms with Crippen molar-refractivity contribution in [2.75, 3.05) is 17.6 Å². The first-order valence-electron chi connectivity index (χ1n) is 6.06. The van der Waals surface area contributed by atoms with Crippen LogP contribution in [-0.2, 0) is 6.42 Å². The van der Waals surface area contributed by atoms with Crippen molar-refractivity contribution >= 4 is 40.5 Å². The Hall–Kier alpha value is -2.05. The predicted molar refractivity (Wildman–Crippen MR) is 84.0 cm³/mol. The Morgan fingerprint density at radius 2 is 2.05 bits per heavy atom. The molecule has 0 aliphatic rings. The number of benzene rings is 1. The van der Waals surface area contributed by atoms with Crippen LogP contribution < -0.4 is 11.1 Å². The highest BCUT2D eigenvalue weighted by molar-refractivity contribution is 6.35. The molecule has 0 aliphatic carbocycles. The van der Waals surface area contributed by atoms with Crippen LogP contribution in [-0.4, -0.2) is 16.5 Å². The van der Waals surface area contributed by atoms with Crippen molar-refractivity contribution in [3.8, 4) is 0 Å². The fraction of sp³-hybridized carbons (Fsp3) is 0.154. The summed E-state index contributed by atoms with van der Waals surface area (Å²) in [6.45, 7) is 0.429. The van der Waals surface area contributed by atoms with Gasteiger partial charge in [-0.3, -0.25) is 10.1 Å². The van der Waals surface area contributed by atoms with Gasteiger partial charge in [-0.05, 0) is 30.2 Å². The van der Waals surface area contributed by atoms with E-state index in [-0.39, 0.29) is 17.3 Å². The van der Waals surface area contributed by atoms with Crippen molar-refractivity contribution in [3.05, 3.63) is 56.1 Å². The summed E-state index contributed by atoms with van der Waals surface area (Å²) in [6.07, 6.45) is 0.573. The number of nitro groups is 1. The van der Waals surface area contributed by atoms with Crippen LogP contribution in [0.1, 0.15) is 5.56 Å². The zero-order valence-electron chi connectivity index (χ0n) is 10.8. The summed E-state index contributed by atoms with van der Waals surface area (Å²) >= 11 is 11.9. The first kappa shape index (κ1) is 15.3. The minimum Gasteiger partial charge on any atom is -0.384 e. The number of hydrogen-bond acceptors (Lipinski definition) is 5. The van der Waals surface area contributed by atoms with Crippen molar-refractivity contribution in [3.63, 3.8) is 0 Å². The molecule has 8 heteroatoms. The van der Waals surface area contributed by atoms with E-state index in [1.165, 1.54) is 12.1 Å². The lowest BCUT2D eigenvalue weighted by Gasteiger charge is -2.08. The summed E-state index contributed by atoms with van der Waals surface area (Å²) in [6, 6.07) is 7.91. The summed E-state index contributed by atoms with van der Waals surface area (Å²) in [4.78, 5) is 14.3. The molecule has 0 saturated heterocycles. The monoisotopic (exact) mass is 326 g/mol. The summed E-state index contributed by atoms with van der Waals surface area (Å²) in [5, 5.41) is 14.9. The van der Waals surface area contributed by atoms with Gasteiger partial charge in [-0.15, -0.1) is 0 Å². The van der Waals surface area contributed by atoms with Crippen LogP contribution >= 0.6 is 23.2 Å². The van der Waals surface area contributed by atoms with E-state index in [0.717, 1.165) is 5.56 Å². The fourth-order valence-electron chi connectivity index (χ4n) is 1.78. The molecule has 0 spiro atoms. The number of hydrogen-bond donors (Lipinski definition) is 2. The molecular formula is C13H12Cl2N4O2. The van der Waals surface area contributed by atoms with E-state index in [9.17, 15) is 10.1 Å². The third-order valence-electron chi connectivity index (χ3n) is 2.79. The molecule has 2 aromatic rings. The zero-order valence-corrected chi connectivity index (χ0v) is 12.4. The average molecular weight is 327 g/mol. The van der Waals surface area contributed by atoms with Gasteiger partial charge in [0.1, 0.15) is 5.82 Å². The van der Waals surface area contributed by atoms with Crippen molar-refractivity contribution < 1.29 is 4.92 Å². The normalized spacial score (nSPS) is 10.4. The Morgan fingerprint density at radius 1 is 1.29 bits per heavy atom. The minimum atomic E-state index is -0.510. The first-order valence-corrected chi connectivity index (χ1v) is 6.81. The van der Waals surface area contributed by atoms with E-state index in [2.05, 4.69) is 10.3 Å². The number of anilines is 2. The number of nitrogen functional groups attached to an aromatic ring is 1. The Kier molecular flexibility index (Phi) is 4.82. The topological polar surface area (TPSA) is 94.1 Å². The Morgan fingerprint density at radius 3 is 2.71 bits per heavy atom. The van der Waals surface area contributed by atoms with Gasteiger partial charge in [0.2, 0.25) is 5.82 Å². The van der Waals surface area contributed by atoms with E-state index in [4.69, 9.17) is 28.9 Å². The maximum Gasteiger partial charge on any atom is 0.311 e. The summed E-state index contributed by atoms with van der Waals surface area (Å²) in [7, 11) is 0. The number of nitrogens with one attached hydrogen (secondary N) is 1. The second-order valence-corrected chi connectivity index (χ2v) is 5.12. The average Bonchev–Trinajstić information content (AvgIpc) is 2.41. The van der Waals surface area contributed by atoms with Gasteiger partial charge < -0.3 is 11.1 Å². The highest BCUT2D eigenvalue weighted by Gasteiger charge is 2.15. The van der Waals surface area contributed by atoms with Crippen LogP contribution in [0.4, 0.5) is 17.3 Å². The Labute approximate surface area is 131 Å². The first-order chi connectivity index (χ1) is 9.97. The Balaban J connectivity index is 2.06. The molecule has 2 rings (SSSR count). The predicted octanol–water partition coefficient (Wildman–Crippen LogP) is 3.53. The zero-order chi connectivity index (χ0) is 15.4. The lowest BCUT2D eigenvalue weighted by atomic mass is 10.1. The SMILES string of the molecule is Nc1ccc([N+](=O)[O-])c(NCCc2ccc(Cl)cc2Cl)n1. The number of halogens is 2. The molecule has 0 fully saturated rings. The van der Waals surface area contributed by atoms with Gasteiger partial charge in [-0.25, -0.2) is 4.98 Å². The van der Waals surface area contributed by atoms with Crippen molar-refractivity contribution in [2.45, 2.75) is 6.42 Å². The minimum absolute atomic E-state index is 0.119. The molecule has 0 amide bonds. The molecule has 1 aromatic carbocycles. The molecular weight excluding hydrogens is 315 g/mol. The van der Waals surface area contributed by atoms with E-state index in [1.54, 1.807) is 12.1 Å². The van der Waals surface area contributed by atoms with Gasteiger partial charge in [-0.2, -0.15) is 0 Å². The Bertz CT molecular complexity index is 679. The van der Waals surface area contributed by atoms with Crippen LogP contribution in [0.5, 0.6) is 0 Å². The van der Waals surface area contributed by atoms with Crippen molar-refractivity contribution in [2.24, 2.45) is 0 Å². The lowest BCUT2D eigenvalue weighted by molar-refractivity contribution is -0.384. The molecule has 0 bridgehead atoms. The quantitative estimate of drug-likeness (QED) is 0.647. The maximum atomic E-state index is 10.9. The van der Waals surface area contributed by atoms with Crippen LogP contribution in [0.15, 0.2) is 30.3 Å². The number of aromatic nitrogens is 1. The molecule has 0 unspecified atom stereocenters. The standard InChI is InChI=1S/C13H12Cl2N4O2/c14-9-2-1-8(10(15)7-9)5-6-17-13-11(19(20)21)3-4-12(16)18-13/h1-4,7H,5-6H2,(H3,16,17,18). The molecule has 1 aromatic heterocycles. The second-order valence-electron chi connectivity index (χ2n) is 4.27. The summed E-state index contributed by atoms with van der Waals surface area (Å²) in [5.41, 5.74) is 6.31. The highest BCUT2D eigenvalue weighted by Crippen LogP contribution is 2.24. The number of nitrogens with two attached hydrogens (primary N) is 1. The number of pyridine rings is 1. The molecule has 0 radical (unpaired) electrons. The molecule has 3 N–H and O–H groups in total. The third-order valence-corrected chi connectivity index (χ3v) is 3.38. The molecule has 110 valence electrons. The van der Waals surface area contributed by atoms with Gasteiger partial charge in [0.25, 0.3) is 0 Å². The van der Waals surface area contributed by atoms with E-state index >= 15 is 0 Å². The maximum absolute atomic E-state index is 10.9. The van der Waals surface area contributed by atoms with Crippen LogP contribution in [0.3, 0.4) is 0 Å². The lowest BCUT2D eigenvalue weighted by Crippen LogP contribution is -2.09. The van der Waals surface area contributed by atoms with Gasteiger partial charge >= 0.3 is 5.69 Å². The third kappa shape index (κ3) is 3.96. The van der Waals surface area contributed by atoms with Crippen LogP contribution in [0.25, 0.3) is 0 Å².